The largest absolute Gasteiger partial charge is 0.345 e. The van der Waals surface area contributed by atoms with Crippen molar-refractivity contribution in [1.82, 2.24) is 14.7 Å². The SMILES string of the molecule is Cn1cc(C#N)cc1-c1nc(CSC(C)(C)C)no1. The van der Waals surface area contributed by atoms with Gasteiger partial charge < -0.3 is 9.09 Å². The second-order valence-corrected chi connectivity index (χ2v) is 7.06. The summed E-state index contributed by atoms with van der Waals surface area (Å²) in [6, 6.07) is 3.84. The minimum atomic E-state index is 0.166. The van der Waals surface area contributed by atoms with E-state index in [2.05, 4.69) is 37.0 Å². The maximum atomic E-state index is 8.87. The Labute approximate surface area is 116 Å². The fourth-order valence-electron chi connectivity index (χ4n) is 1.54. The number of nitrogens with zero attached hydrogens (tertiary/aromatic N) is 4. The van der Waals surface area contributed by atoms with Crippen LogP contribution < -0.4 is 0 Å². The number of thioether (sulfide) groups is 1. The van der Waals surface area contributed by atoms with E-state index in [0.29, 0.717) is 23.0 Å². The minimum Gasteiger partial charge on any atom is -0.345 e. The van der Waals surface area contributed by atoms with Gasteiger partial charge in [-0.1, -0.05) is 25.9 Å². The highest BCUT2D eigenvalue weighted by molar-refractivity contribution is 7.99. The van der Waals surface area contributed by atoms with Gasteiger partial charge in [0.2, 0.25) is 0 Å². The van der Waals surface area contributed by atoms with Gasteiger partial charge in [0.05, 0.1) is 11.3 Å². The third-order valence-electron chi connectivity index (χ3n) is 2.46. The maximum Gasteiger partial charge on any atom is 0.274 e. The molecule has 2 heterocycles. The molecule has 100 valence electrons. The molecule has 0 N–H and O–H groups in total. The monoisotopic (exact) mass is 276 g/mol. The molecule has 0 saturated heterocycles. The van der Waals surface area contributed by atoms with Gasteiger partial charge >= 0.3 is 0 Å². The van der Waals surface area contributed by atoms with E-state index in [1.54, 1.807) is 24.0 Å². The zero-order valence-electron chi connectivity index (χ0n) is 11.5. The first-order valence-electron chi connectivity index (χ1n) is 5.92. The summed E-state index contributed by atoms with van der Waals surface area (Å²) in [6.07, 6.45) is 1.74. The summed E-state index contributed by atoms with van der Waals surface area (Å²) in [5.74, 6) is 1.84. The molecule has 0 bridgehead atoms. The third-order valence-corrected chi connectivity index (χ3v) is 3.72. The Morgan fingerprint density at radius 3 is 2.79 bits per heavy atom. The third kappa shape index (κ3) is 3.38. The van der Waals surface area contributed by atoms with Gasteiger partial charge in [-0.15, -0.1) is 11.8 Å². The fourth-order valence-corrected chi connectivity index (χ4v) is 2.22. The molecule has 0 aliphatic heterocycles. The van der Waals surface area contributed by atoms with Crippen LogP contribution in [0.1, 0.15) is 32.2 Å². The first kappa shape index (κ1) is 13.7. The topological polar surface area (TPSA) is 67.6 Å². The van der Waals surface area contributed by atoms with E-state index in [9.17, 15) is 0 Å². The molecule has 0 amide bonds. The Bertz CT molecular complexity index is 615. The smallest absolute Gasteiger partial charge is 0.274 e. The van der Waals surface area contributed by atoms with Gasteiger partial charge in [-0.05, 0) is 6.07 Å². The maximum absolute atomic E-state index is 8.87. The first-order valence-corrected chi connectivity index (χ1v) is 6.91. The van der Waals surface area contributed by atoms with E-state index in [0.717, 1.165) is 5.69 Å². The lowest BCUT2D eigenvalue weighted by atomic mass is 10.3. The van der Waals surface area contributed by atoms with Crippen LogP contribution in [0.25, 0.3) is 11.6 Å². The number of hydrogen-bond acceptors (Lipinski definition) is 5. The molecule has 0 atom stereocenters. The van der Waals surface area contributed by atoms with Crippen LogP contribution in [-0.2, 0) is 12.8 Å². The quantitative estimate of drug-likeness (QED) is 0.862. The molecule has 0 spiro atoms. The highest BCUT2D eigenvalue weighted by atomic mass is 32.2. The summed E-state index contributed by atoms with van der Waals surface area (Å²) < 4.78 is 7.23. The van der Waals surface area contributed by atoms with E-state index in [1.807, 2.05) is 11.6 Å². The zero-order valence-corrected chi connectivity index (χ0v) is 12.3. The van der Waals surface area contributed by atoms with Gasteiger partial charge in [0, 0.05) is 18.0 Å². The molecule has 2 aromatic rings. The lowest BCUT2D eigenvalue weighted by Crippen LogP contribution is -2.07. The van der Waals surface area contributed by atoms with Crippen molar-refractivity contribution in [3.05, 3.63) is 23.7 Å². The summed E-state index contributed by atoms with van der Waals surface area (Å²) in [5.41, 5.74) is 1.34. The van der Waals surface area contributed by atoms with Crippen molar-refractivity contribution in [1.29, 1.82) is 5.26 Å². The van der Waals surface area contributed by atoms with Gasteiger partial charge in [0.1, 0.15) is 11.8 Å². The molecular formula is C13H16N4OS. The normalized spacial score (nSPS) is 11.5. The van der Waals surface area contributed by atoms with Gasteiger partial charge in [0.25, 0.3) is 5.89 Å². The second kappa shape index (κ2) is 5.10. The summed E-state index contributed by atoms with van der Waals surface area (Å²) >= 11 is 1.76. The van der Waals surface area contributed by atoms with Gasteiger partial charge in [-0.3, -0.25) is 0 Å². The minimum absolute atomic E-state index is 0.166. The number of aromatic nitrogens is 3. The van der Waals surface area contributed by atoms with Crippen LogP contribution in [0.4, 0.5) is 0 Å². The molecule has 2 rings (SSSR count). The standard InChI is InChI=1S/C13H16N4OS/c1-13(2,3)19-8-11-15-12(18-16-11)10-5-9(6-14)7-17(10)4/h5,7H,8H2,1-4H3. The zero-order chi connectivity index (χ0) is 14.0. The van der Waals surface area contributed by atoms with Crippen LogP contribution in [0.3, 0.4) is 0 Å². The predicted molar refractivity (Wildman–Crippen MR) is 74.5 cm³/mol. The van der Waals surface area contributed by atoms with Crippen LogP contribution in [0.15, 0.2) is 16.8 Å². The van der Waals surface area contributed by atoms with Crippen molar-refractivity contribution in [2.45, 2.75) is 31.3 Å². The van der Waals surface area contributed by atoms with Crippen molar-refractivity contribution in [3.8, 4) is 17.7 Å². The number of hydrogen-bond donors (Lipinski definition) is 0. The van der Waals surface area contributed by atoms with E-state index < -0.39 is 0 Å². The number of rotatable bonds is 3. The van der Waals surface area contributed by atoms with Crippen LogP contribution in [-0.4, -0.2) is 19.5 Å². The van der Waals surface area contributed by atoms with Gasteiger partial charge in [0.15, 0.2) is 5.82 Å². The number of aryl methyl sites for hydroxylation is 1. The van der Waals surface area contributed by atoms with Gasteiger partial charge in [-0.25, -0.2) is 0 Å². The second-order valence-electron chi connectivity index (χ2n) is 5.25. The van der Waals surface area contributed by atoms with E-state index in [1.165, 1.54) is 0 Å². The summed E-state index contributed by atoms with van der Waals surface area (Å²) in [6.45, 7) is 6.44. The summed E-state index contributed by atoms with van der Waals surface area (Å²) in [7, 11) is 1.85. The first-order chi connectivity index (χ1) is 8.89. The van der Waals surface area contributed by atoms with Crippen molar-refractivity contribution >= 4 is 11.8 Å². The van der Waals surface area contributed by atoms with Crippen molar-refractivity contribution in [3.63, 3.8) is 0 Å². The highest BCUT2D eigenvalue weighted by Gasteiger charge is 2.16. The Morgan fingerprint density at radius 2 is 2.21 bits per heavy atom. The Balaban J connectivity index is 2.17. The molecule has 19 heavy (non-hydrogen) atoms. The average Bonchev–Trinajstić information content (AvgIpc) is 2.91. The van der Waals surface area contributed by atoms with Crippen molar-refractivity contribution in [2.75, 3.05) is 0 Å². The molecule has 6 heteroatoms. The highest BCUT2D eigenvalue weighted by Crippen LogP contribution is 2.27. The Morgan fingerprint density at radius 1 is 1.47 bits per heavy atom. The lowest BCUT2D eigenvalue weighted by Gasteiger charge is -2.15. The molecule has 0 unspecified atom stereocenters. The molecule has 0 aliphatic carbocycles. The number of nitriles is 1. The van der Waals surface area contributed by atoms with Gasteiger partial charge in [-0.2, -0.15) is 10.2 Å². The molecule has 0 fully saturated rings. The molecule has 0 radical (unpaired) electrons. The van der Waals surface area contributed by atoms with Crippen LogP contribution in [0, 0.1) is 11.3 Å². The molecule has 2 aromatic heterocycles. The van der Waals surface area contributed by atoms with Crippen LogP contribution in [0.5, 0.6) is 0 Å². The molecule has 0 aromatic carbocycles. The molecule has 0 saturated carbocycles. The Hall–Kier alpha value is -1.74. The summed E-state index contributed by atoms with van der Waals surface area (Å²) in [5, 5.41) is 12.8. The van der Waals surface area contributed by atoms with E-state index >= 15 is 0 Å². The predicted octanol–water partition coefficient (Wildman–Crippen LogP) is 2.98. The fraction of sp³-hybridized carbons (Fsp3) is 0.462. The Kier molecular flexibility index (Phi) is 3.67. The average molecular weight is 276 g/mol. The summed E-state index contributed by atoms with van der Waals surface area (Å²) in [4.78, 5) is 4.36. The molecular weight excluding hydrogens is 260 g/mol. The molecule has 5 nitrogen and oxygen atoms in total. The van der Waals surface area contributed by atoms with Crippen LogP contribution >= 0.6 is 11.8 Å². The lowest BCUT2D eigenvalue weighted by molar-refractivity contribution is 0.422. The van der Waals surface area contributed by atoms with E-state index in [4.69, 9.17) is 9.78 Å². The van der Waals surface area contributed by atoms with Crippen molar-refractivity contribution in [2.24, 2.45) is 7.05 Å². The van der Waals surface area contributed by atoms with Crippen LogP contribution in [0.2, 0.25) is 0 Å². The van der Waals surface area contributed by atoms with Crippen molar-refractivity contribution < 1.29 is 4.52 Å². The molecule has 0 aliphatic rings. The van der Waals surface area contributed by atoms with E-state index in [-0.39, 0.29) is 4.75 Å².